The van der Waals surface area contributed by atoms with Crippen molar-refractivity contribution in [1.29, 1.82) is 0 Å². The minimum absolute atomic E-state index is 0.447. The molecule has 0 aliphatic rings. The van der Waals surface area contributed by atoms with E-state index >= 15 is 0 Å². The van der Waals surface area contributed by atoms with Gasteiger partial charge in [0.25, 0.3) is 0 Å². The topological polar surface area (TPSA) is 95.4 Å². The van der Waals surface area contributed by atoms with Crippen molar-refractivity contribution < 1.29 is 21.9 Å². The number of carbonyl (C=O) groups excluding carboxylic acids is 1. The second-order valence-electron chi connectivity index (χ2n) is 5.99. The van der Waals surface area contributed by atoms with Crippen LogP contribution in [-0.2, 0) is 7.67 Å². The van der Waals surface area contributed by atoms with E-state index in [-0.39, 0.29) is 0 Å². The van der Waals surface area contributed by atoms with Crippen LogP contribution in [-0.4, -0.2) is 45.3 Å². The quantitative estimate of drug-likeness (QED) is 0.329. The van der Waals surface area contributed by atoms with Crippen molar-refractivity contribution in [2.24, 2.45) is 0 Å². The van der Waals surface area contributed by atoms with Crippen LogP contribution in [0.4, 0.5) is 0 Å². The van der Waals surface area contributed by atoms with E-state index in [1.54, 1.807) is 20.3 Å². The molecule has 0 saturated carbocycles. The molecule has 4 rings (SSSR count). The summed E-state index contributed by atoms with van der Waals surface area (Å²) in [4.78, 5) is 19.0. The molecule has 154 valence electrons. The van der Waals surface area contributed by atoms with Gasteiger partial charge in [0.1, 0.15) is 17.2 Å². The number of methoxy groups -OCH3 is 2. The number of benzene rings is 2. The summed E-state index contributed by atoms with van der Waals surface area (Å²) in [5, 5.41) is 2.08. The molecule has 0 aliphatic carbocycles. The average molecular weight is 471 g/mol. The summed E-state index contributed by atoms with van der Waals surface area (Å²) in [7, 11) is 3.29. The van der Waals surface area contributed by atoms with Crippen molar-refractivity contribution >= 4 is 42.9 Å². The summed E-state index contributed by atoms with van der Waals surface area (Å²) in [5.74, 6) is 1.66. The van der Waals surface area contributed by atoms with E-state index < -0.39 is 14.8 Å². The van der Waals surface area contributed by atoms with Crippen molar-refractivity contribution in [1.82, 2.24) is 9.97 Å². The molecule has 0 bridgehead atoms. The van der Waals surface area contributed by atoms with E-state index in [4.69, 9.17) is 17.1 Å². The second-order valence-corrected chi connectivity index (χ2v) is 6.28. The van der Waals surface area contributed by atoms with Crippen LogP contribution in [0.1, 0.15) is 16.2 Å². The molecule has 0 fully saturated rings. The Hall–Kier alpha value is -3.35. The fraction of sp³-hybridized carbons (Fsp3) is 0.136. The van der Waals surface area contributed by atoms with Crippen LogP contribution < -0.4 is 9.47 Å². The first kappa shape index (κ1) is 22.9. The van der Waals surface area contributed by atoms with Crippen LogP contribution in [0, 0.1) is 6.92 Å². The van der Waals surface area contributed by atoms with Gasteiger partial charge in [0.15, 0.2) is 6.29 Å². The van der Waals surface area contributed by atoms with Gasteiger partial charge in [-0.25, -0.2) is 4.98 Å². The molecule has 30 heavy (non-hydrogen) atoms. The summed E-state index contributed by atoms with van der Waals surface area (Å²) in [5.41, 5.74) is 3.30. The van der Waals surface area contributed by atoms with Gasteiger partial charge in [-0.1, -0.05) is 12.1 Å². The third-order valence-corrected chi connectivity index (χ3v) is 4.07. The van der Waals surface area contributed by atoms with Gasteiger partial charge in [-0.15, -0.1) is 0 Å². The van der Waals surface area contributed by atoms with Crippen LogP contribution in [0.2, 0.25) is 0 Å². The molecule has 8 heteroatoms. The van der Waals surface area contributed by atoms with Gasteiger partial charge >= 0.3 is 22.5 Å². The summed E-state index contributed by atoms with van der Waals surface area (Å²) in [6, 6.07) is 19.0. The zero-order valence-electron chi connectivity index (χ0n) is 16.7. The second kappa shape index (κ2) is 11.6. The van der Waals surface area contributed by atoms with Crippen molar-refractivity contribution in [3.05, 3.63) is 72.1 Å². The molecule has 0 saturated heterocycles. The van der Waals surface area contributed by atoms with Crippen LogP contribution in [0.25, 0.3) is 21.8 Å². The third kappa shape index (κ3) is 6.34. The number of carbonyl (C=O) groups is 1. The number of ether oxygens (including phenoxy) is 2. The number of nitrogens with zero attached hydrogens (tertiary/aromatic N) is 2. The first-order valence-corrected chi connectivity index (χ1v) is 10.2. The Labute approximate surface area is 179 Å². The number of aldehydes is 1. The molecule has 7 nitrogen and oxygen atoms in total. The molecule has 4 aromatic rings. The van der Waals surface area contributed by atoms with Gasteiger partial charge in [-0.05, 0) is 55.5 Å². The van der Waals surface area contributed by atoms with Crippen LogP contribution >= 0.6 is 0 Å². The molecular formula is C22H20N2O5Se. The normalized spacial score (nSPS) is 9.57. The molecule has 0 amide bonds. The molecule has 0 radical (unpaired) electrons. The number of rotatable bonds is 3. The van der Waals surface area contributed by atoms with E-state index in [9.17, 15) is 4.79 Å². The Morgan fingerprint density at radius 3 is 1.77 bits per heavy atom. The third-order valence-electron chi connectivity index (χ3n) is 4.07. The monoisotopic (exact) mass is 472 g/mol. The maximum absolute atomic E-state index is 10.5. The molecule has 0 atom stereocenters. The van der Waals surface area contributed by atoms with Crippen molar-refractivity contribution in [2.75, 3.05) is 14.2 Å². The van der Waals surface area contributed by atoms with Gasteiger partial charge in [0.2, 0.25) is 0 Å². The predicted octanol–water partition coefficient (Wildman–Crippen LogP) is 3.99. The Balaban J connectivity index is 0.000000190. The van der Waals surface area contributed by atoms with E-state index in [1.807, 2.05) is 55.5 Å². The van der Waals surface area contributed by atoms with Crippen molar-refractivity contribution in [3.63, 3.8) is 0 Å². The SMILES string of the molecule is COc1ccc2nc(C)ccc2c1.COc1ccc2nc(C=O)ccc2c1.O=[Se]=O. The number of aromatic nitrogens is 2. The predicted molar refractivity (Wildman–Crippen MR) is 114 cm³/mol. The molecule has 0 aliphatic heterocycles. The van der Waals surface area contributed by atoms with Gasteiger partial charge in [0.05, 0.1) is 25.3 Å². The molecular weight excluding hydrogens is 451 g/mol. The summed E-state index contributed by atoms with van der Waals surface area (Å²) >= 11 is -1.62. The Morgan fingerprint density at radius 1 is 0.767 bits per heavy atom. The number of fused-ring (bicyclic) bond motifs is 2. The van der Waals surface area contributed by atoms with Gasteiger partial charge < -0.3 is 9.47 Å². The van der Waals surface area contributed by atoms with E-state index in [1.165, 1.54) is 0 Å². The van der Waals surface area contributed by atoms with E-state index in [0.29, 0.717) is 5.69 Å². The van der Waals surface area contributed by atoms with Crippen LogP contribution in [0.5, 0.6) is 11.5 Å². The first-order chi connectivity index (χ1) is 14.5. The van der Waals surface area contributed by atoms with E-state index in [2.05, 4.69) is 16.0 Å². The molecule has 2 heterocycles. The Morgan fingerprint density at radius 2 is 1.27 bits per heavy atom. The minimum atomic E-state index is -1.62. The maximum atomic E-state index is 10.5. The molecule has 2 aromatic carbocycles. The molecule has 0 N–H and O–H groups in total. The fourth-order valence-electron chi connectivity index (χ4n) is 2.64. The Kier molecular flexibility index (Phi) is 8.87. The van der Waals surface area contributed by atoms with Crippen LogP contribution in [0.3, 0.4) is 0 Å². The van der Waals surface area contributed by atoms with E-state index in [0.717, 1.165) is 45.3 Å². The molecule has 2 aromatic heterocycles. The van der Waals surface area contributed by atoms with Gasteiger partial charge in [-0.2, -0.15) is 0 Å². The van der Waals surface area contributed by atoms with Crippen molar-refractivity contribution in [2.45, 2.75) is 6.92 Å². The number of pyridine rings is 2. The number of aryl methyl sites for hydroxylation is 1. The zero-order valence-corrected chi connectivity index (χ0v) is 18.4. The fourth-order valence-corrected chi connectivity index (χ4v) is 2.64. The first-order valence-electron chi connectivity index (χ1n) is 8.77. The summed E-state index contributed by atoms with van der Waals surface area (Å²) < 4.78 is 27.1. The molecule has 0 spiro atoms. The van der Waals surface area contributed by atoms with Crippen LogP contribution in [0.15, 0.2) is 60.7 Å². The number of hydrogen-bond donors (Lipinski definition) is 0. The number of hydrogen-bond acceptors (Lipinski definition) is 7. The molecule has 0 unspecified atom stereocenters. The summed E-state index contributed by atoms with van der Waals surface area (Å²) in [6.07, 6.45) is 0.740. The summed E-state index contributed by atoms with van der Waals surface area (Å²) in [6.45, 7) is 1.99. The van der Waals surface area contributed by atoms with Crippen molar-refractivity contribution in [3.8, 4) is 11.5 Å². The van der Waals surface area contributed by atoms with Gasteiger partial charge in [-0.3, -0.25) is 9.78 Å². The zero-order chi connectivity index (χ0) is 21.9. The standard InChI is InChI=1S/C11H9NO2.C11H11NO.O2Se/c1-14-10-4-5-11-8(6-10)2-3-9(7-13)12-11;1-8-3-4-9-7-10(13-2)5-6-11(9)12-8;1-3-2/h2-7H,1H3;3-7H,1-2H3;. The average Bonchev–Trinajstić information content (AvgIpc) is 2.79. The Bertz CT molecular complexity index is 1190. The van der Waals surface area contributed by atoms with Gasteiger partial charge in [0, 0.05) is 16.5 Å².